The van der Waals surface area contributed by atoms with Crippen molar-refractivity contribution in [3.63, 3.8) is 0 Å². The highest BCUT2D eigenvalue weighted by molar-refractivity contribution is 5.45. The summed E-state index contributed by atoms with van der Waals surface area (Å²) in [7, 11) is 0. The molecule has 0 aromatic carbocycles. The summed E-state index contributed by atoms with van der Waals surface area (Å²) in [5.74, 6) is 0. The third-order valence-electron chi connectivity index (χ3n) is 2.45. The van der Waals surface area contributed by atoms with E-state index in [9.17, 15) is 0 Å². The van der Waals surface area contributed by atoms with Crippen molar-refractivity contribution in [2.75, 3.05) is 13.2 Å². The Kier molecular flexibility index (Phi) is 4.12. The van der Waals surface area contributed by atoms with Crippen molar-refractivity contribution in [2.45, 2.75) is 13.8 Å². The predicted octanol–water partition coefficient (Wildman–Crippen LogP) is 0.826. The quantitative estimate of drug-likeness (QED) is 0.730. The summed E-state index contributed by atoms with van der Waals surface area (Å²) in [6, 6.07) is 11.8. The Morgan fingerprint density at radius 3 is 1.61 bits per heavy atom. The van der Waals surface area contributed by atoms with Crippen LogP contribution in [0.2, 0.25) is 0 Å². The van der Waals surface area contributed by atoms with Gasteiger partial charge >= 0.3 is 11.4 Å². The molecule has 0 aliphatic heterocycles. The number of rotatable bonds is 5. The van der Waals surface area contributed by atoms with E-state index in [0.717, 1.165) is 11.4 Å². The van der Waals surface area contributed by atoms with Crippen molar-refractivity contribution in [1.82, 2.24) is 0 Å². The molecule has 2 aromatic heterocycles. The van der Waals surface area contributed by atoms with Gasteiger partial charge in [0.2, 0.25) is 12.4 Å². The summed E-state index contributed by atoms with van der Waals surface area (Å²) in [5, 5.41) is 0. The van der Waals surface area contributed by atoms with Crippen LogP contribution in [0.15, 0.2) is 48.8 Å². The average molecular weight is 246 g/mol. The Bertz CT molecular complexity index is 467. The summed E-state index contributed by atoms with van der Waals surface area (Å²) < 4.78 is 3.51. The molecule has 0 amide bonds. The van der Waals surface area contributed by atoms with E-state index < -0.39 is 0 Å². The second-order valence-corrected chi connectivity index (χ2v) is 3.66. The van der Waals surface area contributed by atoms with Crippen LogP contribution in [0.3, 0.4) is 0 Å². The van der Waals surface area contributed by atoms with Crippen molar-refractivity contribution in [3.8, 4) is 11.4 Å². The maximum Gasteiger partial charge on any atom is 0.332 e. The van der Waals surface area contributed by atoms with Crippen LogP contribution in [-0.4, -0.2) is 13.2 Å². The first kappa shape index (κ1) is 12.4. The molecule has 0 fully saturated rings. The van der Waals surface area contributed by atoms with E-state index in [2.05, 4.69) is 0 Å². The van der Waals surface area contributed by atoms with Gasteiger partial charge < -0.3 is 0 Å². The van der Waals surface area contributed by atoms with Crippen LogP contribution in [0, 0.1) is 0 Å². The van der Waals surface area contributed by atoms with Gasteiger partial charge in [0, 0.05) is 33.7 Å². The van der Waals surface area contributed by atoms with Crippen molar-refractivity contribution >= 4 is 0 Å². The first-order chi connectivity index (χ1) is 8.86. The highest BCUT2D eigenvalue weighted by atomic mass is 16.7. The Balaban J connectivity index is 2.47. The first-order valence-electron chi connectivity index (χ1n) is 6.15. The molecule has 2 aromatic rings. The normalized spacial score (nSPS) is 10.1. The Labute approximate surface area is 107 Å². The minimum absolute atomic E-state index is 0.614. The zero-order valence-electron chi connectivity index (χ0n) is 10.7. The minimum Gasteiger partial charge on any atom is -0.271 e. The lowest BCUT2D eigenvalue weighted by atomic mass is 10.2. The maximum absolute atomic E-state index is 5.57. The third kappa shape index (κ3) is 2.59. The summed E-state index contributed by atoms with van der Waals surface area (Å²) >= 11 is 0. The average Bonchev–Trinajstić information content (AvgIpc) is 2.41. The summed E-state index contributed by atoms with van der Waals surface area (Å²) in [5.41, 5.74) is 1.90. The van der Waals surface area contributed by atoms with Crippen LogP contribution in [-0.2, 0) is 0 Å². The van der Waals surface area contributed by atoms with Crippen LogP contribution in [0.4, 0.5) is 0 Å². The summed E-state index contributed by atoms with van der Waals surface area (Å²) in [6.07, 6.45) is 3.78. The zero-order valence-corrected chi connectivity index (χ0v) is 10.7. The Hall–Kier alpha value is -2.10. The van der Waals surface area contributed by atoms with Gasteiger partial charge in [0.25, 0.3) is 0 Å². The Morgan fingerprint density at radius 2 is 1.22 bits per heavy atom. The molecule has 4 nitrogen and oxygen atoms in total. The van der Waals surface area contributed by atoms with Crippen molar-refractivity contribution in [3.05, 3.63) is 48.8 Å². The minimum atomic E-state index is 0.614. The van der Waals surface area contributed by atoms with Gasteiger partial charge in [-0.1, -0.05) is 0 Å². The number of pyridine rings is 2. The van der Waals surface area contributed by atoms with Crippen molar-refractivity contribution in [2.24, 2.45) is 0 Å². The molecule has 0 saturated carbocycles. The summed E-state index contributed by atoms with van der Waals surface area (Å²) in [6.45, 7) is 5.16. The van der Waals surface area contributed by atoms with Crippen molar-refractivity contribution < 1.29 is 19.1 Å². The van der Waals surface area contributed by atoms with Crippen LogP contribution in [0.1, 0.15) is 13.8 Å². The lowest BCUT2D eigenvalue weighted by Gasteiger charge is -2.01. The molecule has 0 saturated heterocycles. The second-order valence-electron chi connectivity index (χ2n) is 3.66. The Morgan fingerprint density at radius 1 is 0.778 bits per heavy atom. The molecule has 0 bridgehead atoms. The van der Waals surface area contributed by atoms with Gasteiger partial charge in [0.05, 0.1) is 0 Å². The molecular weight excluding hydrogens is 228 g/mol. The van der Waals surface area contributed by atoms with E-state index in [1.165, 1.54) is 0 Å². The molecule has 94 valence electrons. The van der Waals surface area contributed by atoms with Crippen molar-refractivity contribution in [1.29, 1.82) is 0 Å². The molecule has 2 heterocycles. The molecule has 0 unspecified atom stereocenters. The van der Waals surface area contributed by atoms with Crippen LogP contribution in [0.25, 0.3) is 11.4 Å². The van der Waals surface area contributed by atoms with Gasteiger partial charge in [-0.3, -0.25) is 9.68 Å². The second kappa shape index (κ2) is 6.00. The molecule has 0 aliphatic rings. The van der Waals surface area contributed by atoms with Crippen LogP contribution >= 0.6 is 0 Å². The molecule has 18 heavy (non-hydrogen) atoms. The highest BCUT2D eigenvalue weighted by Crippen LogP contribution is 2.08. The molecule has 0 spiro atoms. The van der Waals surface area contributed by atoms with E-state index in [-0.39, 0.29) is 0 Å². The van der Waals surface area contributed by atoms with Gasteiger partial charge in [-0.05, 0) is 26.0 Å². The van der Waals surface area contributed by atoms with E-state index in [4.69, 9.17) is 9.68 Å². The monoisotopic (exact) mass is 246 g/mol. The number of hydrogen-bond donors (Lipinski definition) is 0. The fourth-order valence-electron chi connectivity index (χ4n) is 1.76. The third-order valence-corrected chi connectivity index (χ3v) is 2.45. The molecular formula is C14H18N2O2+2. The number of hydrogen-bond acceptors (Lipinski definition) is 2. The van der Waals surface area contributed by atoms with Crippen LogP contribution < -0.4 is 19.1 Å². The smallest absolute Gasteiger partial charge is 0.271 e. The highest BCUT2D eigenvalue weighted by Gasteiger charge is 2.25. The zero-order chi connectivity index (χ0) is 12.8. The molecule has 0 radical (unpaired) electrons. The predicted molar refractivity (Wildman–Crippen MR) is 66.5 cm³/mol. The van der Waals surface area contributed by atoms with Gasteiger partial charge in [0.1, 0.15) is 0 Å². The van der Waals surface area contributed by atoms with Gasteiger partial charge in [-0.25, -0.2) is 0 Å². The lowest BCUT2D eigenvalue weighted by Crippen LogP contribution is -2.50. The number of nitrogens with zero attached hydrogens (tertiary/aromatic N) is 2. The maximum atomic E-state index is 5.57. The fourth-order valence-corrected chi connectivity index (χ4v) is 1.76. The fraction of sp³-hybridized carbons (Fsp3) is 0.286. The summed E-state index contributed by atoms with van der Waals surface area (Å²) in [4.78, 5) is 11.1. The SMILES string of the molecule is CCO[n+]1ccccc1-c1cccc[n+]1OCC. The van der Waals surface area contributed by atoms with E-state index in [0.29, 0.717) is 13.2 Å². The lowest BCUT2D eigenvalue weighted by molar-refractivity contribution is -0.904. The van der Waals surface area contributed by atoms with E-state index in [1.807, 2.05) is 62.6 Å². The molecule has 0 N–H and O–H groups in total. The molecule has 0 atom stereocenters. The largest absolute Gasteiger partial charge is 0.332 e. The van der Waals surface area contributed by atoms with E-state index >= 15 is 0 Å². The molecule has 0 aliphatic carbocycles. The first-order valence-corrected chi connectivity index (χ1v) is 6.15. The molecule has 4 heteroatoms. The van der Waals surface area contributed by atoms with E-state index in [1.54, 1.807) is 9.46 Å². The van der Waals surface area contributed by atoms with Gasteiger partial charge in [-0.2, -0.15) is 0 Å². The number of aromatic nitrogens is 2. The molecule has 2 rings (SSSR count). The van der Waals surface area contributed by atoms with Crippen LogP contribution in [0.5, 0.6) is 0 Å². The topological polar surface area (TPSA) is 26.2 Å². The van der Waals surface area contributed by atoms with Gasteiger partial charge in [-0.15, -0.1) is 0 Å². The van der Waals surface area contributed by atoms with Gasteiger partial charge in [0.15, 0.2) is 13.2 Å². The standard InChI is InChI=1S/C14H18N2O2/c1-3-17-15-11-7-5-9-13(15)14-10-6-8-12-16(14)18-4-2/h5-12H,3-4H2,1-2H3/q+2.